The normalized spacial score (nSPS) is 10.8. The molecule has 3 amide bonds. The zero-order chi connectivity index (χ0) is 17.5. The first kappa shape index (κ1) is 22.2. The van der Waals surface area contributed by atoms with Crippen LogP contribution in [0.15, 0.2) is 24.3 Å². The van der Waals surface area contributed by atoms with Gasteiger partial charge in [-0.25, -0.2) is 4.79 Å². The molecule has 7 heteroatoms. The Morgan fingerprint density at radius 3 is 2.38 bits per heavy atom. The Balaban J connectivity index is 0.00000529. The van der Waals surface area contributed by atoms with Crippen molar-refractivity contribution in [3.63, 3.8) is 0 Å². The second-order valence-electron chi connectivity index (χ2n) is 6.09. The second kappa shape index (κ2) is 10.2. The Labute approximate surface area is 150 Å². The van der Waals surface area contributed by atoms with Crippen molar-refractivity contribution in [3.05, 3.63) is 29.8 Å². The van der Waals surface area contributed by atoms with Crippen molar-refractivity contribution in [1.29, 1.82) is 0 Å². The third-order valence-electron chi connectivity index (χ3n) is 3.81. The highest BCUT2D eigenvalue weighted by Gasteiger charge is 2.21. The maximum absolute atomic E-state index is 12.2. The quantitative estimate of drug-likeness (QED) is 0.604. The number of hydrogen-bond donors (Lipinski definition) is 4. The Kier molecular flexibility index (Phi) is 9.40. The van der Waals surface area contributed by atoms with E-state index in [1.807, 2.05) is 27.7 Å². The largest absolute Gasteiger partial charge is 0.350 e. The Hall–Kier alpha value is -1.79. The SMILES string of the molecule is CCC(N)(CC)CNC(=O)c1cccc(NC(=O)NC(C)C)c1.Cl. The van der Waals surface area contributed by atoms with E-state index >= 15 is 0 Å². The first-order valence-corrected chi connectivity index (χ1v) is 8.04. The molecule has 1 aromatic rings. The molecule has 1 rings (SSSR count). The number of nitrogens with one attached hydrogen (secondary N) is 3. The fourth-order valence-electron chi connectivity index (χ4n) is 2.03. The minimum atomic E-state index is -0.386. The van der Waals surface area contributed by atoms with Gasteiger partial charge in [0.25, 0.3) is 5.91 Å². The number of amides is 3. The van der Waals surface area contributed by atoms with Gasteiger partial charge in [-0.05, 0) is 44.9 Å². The summed E-state index contributed by atoms with van der Waals surface area (Å²) in [6.45, 7) is 8.19. The van der Waals surface area contributed by atoms with E-state index in [4.69, 9.17) is 5.73 Å². The number of anilines is 1. The van der Waals surface area contributed by atoms with Crippen molar-refractivity contribution in [2.45, 2.75) is 52.1 Å². The van der Waals surface area contributed by atoms with E-state index in [-0.39, 0.29) is 35.9 Å². The molecular weight excluding hydrogens is 328 g/mol. The summed E-state index contributed by atoms with van der Waals surface area (Å²) >= 11 is 0. The van der Waals surface area contributed by atoms with Crippen molar-refractivity contribution >= 4 is 30.0 Å². The molecule has 5 N–H and O–H groups in total. The number of urea groups is 1. The van der Waals surface area contributed by atoms with Crippen LogP contribution in [0.1, 0.15) is 50.9 Å². The van der Waals surface area contributed by atoms with E-state index in [1.165, 1.54) is 0 Å². The van der Waals surface area contributed by atoms with Gasteiger partial charge in [-0.2, -0.15) is 0 Å². The van der Waals surface area contributed by atoms with Crippen molar-refractivity contribution < 1.29 is 9.59 Å². The number of hydrogen-bond acceptors (Lipinski definition) is 3. The highest BCUT2D eigenvalue weighted by molar-refractivity contribution is 5.96. The minimum absolute atomic E-state index is 0. The van der Waals surface area contributed by atoms with Gasteiger partial charge in [-0.3, -0.25) is 4.79 Å². The molecule has 0 aliphatic rings. The summed E-state index contributed by atoms with van der Waals surface area (Å²) in [4.78, 5) is 23.9. The van der Waals surface area contributed by atoms with Crippen LogP contribution >= 0.6 is 12.4 Å². The van der Waals surface area contributed by atoms with Gasteiger partial charge in [-0.15, -0.1) is 12.4 Å². The van der Waals surface area contributed by atoms with Crippen LogP contribution in [-0.4, -0.2) is 30.1 Å². The lowest BCUT2D eigenvalue weighted by atomic mass is 9.94. The molecule has 0 aromatic heterocycles. The molecule has 24 heavy (non-hydrogen) atoms. The zero-order valence-corrected chi connectivity index (χ0v) is 15.6. The van der Waals surface area contributed by atoms with E-state index in [1.54, 1.807) is 24.3 Å². The highest BCUT2D eigenvalue weighted by Crippen LogP contribution is 2.12. The van der Waals surface area contributed by atoms with Crippen LogP contribution in [-0.2, 0) is 0 Å². The second-order valence-corrected chi connectivity index (χ2v) is 6.09. The maximum atomic E-state index is 12.2. The molecule has 0 saturated carbocycles. The van der Waals surface area contributed by atoms with Gasteiger partial charge < -0.3 is 21.7 Å². The number of carbonyl (C=O) groups excluding carboxylic acids is 2. The summed E-state index contributed by atoms with van der Waals surface area (Å²) in [5, 5.41) is 8.30. The van der Waals surface area contributed by atoms with Crippen molar-refractivity contribution in [2.75, 3.05) is 11.9 Å². The van der Waals surface area contributed by atoms with Gasteiger partial charge in [-0.1, -0.05) is 19.9 Å². The number of nitrogens with two attached hydrogens (primary N) is 1. The van der Waals surface area contributed by atoms with Crippen LogP contribution < -0.4 is 21.7 Å². The monoisotopic (exact) mass is 356 g/mol. The summed E-state index contributed by atoms with van der Waals surface area (Å²) in [6.07, 6.45) is 1.58. The minimum Gasteiger partial charge on any atom is -0.350 e. The van der Waals surface area contributed by atoms with Gasteiger partial charge in [0.15, 0.2) is 0 Å². The molecular formula is C17H29ClN4O2. The number of benzene rings is 1. The van der Waals surface area contributed by atoms with Crippen molar-refractivity contribution in [2.24, 2.45) is 5.73 Å². The lowest BCUT2D eigenvalue weighted by molar-refractivity contribution is 0.0942. The third kappa shape index (κ3) is 7.19. The van der Waals surface area contributed by atoms with E-state index < -0.39 is 0 Å². The summed E-state index contributed by atoms with van der Waals surface area (Å²) in [7, 11) is 0. The highest BCUT2D eigenvalue weighted by atomic mass is 35.5. The third-order valence-corrected chi connectivity index (χ3v) is 3.81. The molecule has 136 valence electrons. The first-order valence-electron chi connectivity index (χ1n) is 8.04. The topological polar surface area (TPSA) is 96.2 Å². The molecule has 0 heterocycles. The van der Waals surface area contributed by atoms with Crippen LogP contribution in [0.2, 0.25) is 0 Å². The molecule has 0 fully saturated rings. The summed E-state index contributed by atoms with van der Waals surface area (Å²) in [5.41, 5.74) is 6.86. The van der Waals surface area contributed by atoms with Crippen LogP contribution in [0.25, 0.3) is 0 Å². The van der Waals surface area contributed by atoms with Gasteiger partial charge in [0, 0.05) is 29.4 Å². The summed E-state index contributed by atoms with van der Waals surface area (Å²) < 4.78 is 0. The van der Waals surface area contributed by atoms with Gasteiger partial charge in [0.05, 0.1) is 0 Å². The fraction of sp³-hybridized carbons (Fsp3) is 0.529. The van der Waals surface area contributed by atoms with Gasteiger partial charge in [0.1, 0.15) is 0 Å². The van der Waals surface area contributed by atoms with Gasteiger partial charge in [0.2, 0.25) is 0 Å². The standard InChI is InChI=1S/C17H28N4O2.ClH/c1-5-17(18,6-2)11-19-15(22)13-8-7-9-14(10-13)21-16(23)20-12(3)4;/h7-10,12H,5-6,11,18H2,1-4H3,(H,19,22)(H2,20,21,23);1H. The molecule has 0 unspecified atom stereocenters. The first-order chi connectivity index (χ1) is 10.8. The fourth-order valence-corrected chi connectivity index (χ4v) is 2.03. The summed E-state index contributed by atoms with van der Waals surface area (Å²) in [6, 6.07) is 6.57. The van der Waals surface area contributed by atoms with Crippen molar-refractivity contribution in [1.82, 2.24) is 10.6 Å². The molecule has 0 bridgehead atoms. The molecule has 0 saturated heterocycles. The number of halogens is 1. The lowest BCUT2D eigenvalue weighted by Crippen LogP contribution is -2.49. The molecule has 6 nitrogen and oxygen atoms in total. The number of rotatable bonds is 7. The van der Waals surface area contributed by atoms with E-state index in [0.29, 0.717) is 17.8 Å². The smallest absolute Gasteiger partial charge is 0.319 e. The molecule has 0 aliphatic heterocycles. The number of carbonyl (C=O) groups is 2. The average Bonchev–Trinajstić information content (AvgIpc) is 2.51. The Morgan fingerprint density at radius 2 is 1.83 bits per heavy atom. The average molecular weight is 357 g/mol. The molecule has 0 atom stereocenters. The molecule has 0 spiro atoms. The lowest BCUT2D eigenvalue weighted by Gasteiger charge is -2.26. The van der Waals surface area contributed by atoms with Crippen LogP contribution in [0.4, 0.5) is 10.5 Å². The Bertz CT molecular complexity index is 545. The predicted molar refractivity (Wildman–Crippen MR) is 101 cm³/mol. The van der Waals surface area contributed by atoms with Crippen LogP contribution in [0.5, 0.6) is 0 Å². The molecule has 0 aliphatic carbocycles. The molecule has 1 aromatic carbocycles. The molecule has 0 radical (unpaired) electrons. The summed E-state index contributed by atoms with van der Waals surface area (Å²) in [5.74, 6) is -0.199. The van der Waals surface area contributed by atoms with E-state index in [0.717, 1.165) is 12.8 Å². The van der Waals surface area contributed by atoms with E-state index in [2.05, 4.69) is 16.0 Å². The predicted octanol–water partition coefficient (Wildman–Crippen LogP) is 2.89. The maximum Gasteiger partial charge on any atom is 0.319 e. The van der Waals surface area contributed by atoms with E-state index in [9.17, 15) is 9.59 Å². The van der Waals surface area contributed by atoms with Crippen LogP contribution in [0, 0.1) is 0 Å². The van der Waals surface area contributed by atoms with Gasteiger partial charge >= 0.3 is 6.03 Å². The van der Waals surface area contributed by atoms with Crippen molar-refractivity contribution in [3.8, 4) is 0 Å². The zero-order valence-electron chi connectivity index (χ0n) is 14.8. The Morgan fingerprint density at radius 1 is 1.21 bits per heavy atom. The van der Waals surface area contributed by atoms with Crippen LogP contribution in [0.3, 0.4) is 0 Å².